The summed E-state index contributed by atoms with van der Waals surface area (Å²) in [5, 5.41) is 7.34. The van der Waals surface area contributed by atoms with Gasteiger partial charge in [0.2, 0.25) is 0 Å². The maximum atomic E-state index is 13.1. The fraction of sp³-hybridized carbons (Fsp3) is 0.588. The molecule has 1 saturated heterocycles. The van der Waals surface area contributed by atoms with E-state index >= 15 is 0 Å². The topological polar surface area (TPSA) is 76.2 Å². The SMILES string of the molecule is Cc1cc(C(=O)N(Cc2nccn2C)C2CC23CCNCC3)no1.Cl. The van der Waals surface area contributed by atoms with Gasteiger partial charge in [-0.3, -0.25) is 4.79 Å². The Hall–Kier alpha value is -1.86. The van der Waals surface area contributed by atoms with Crippen LogP contribution in [0.25, 0.3) is 0 Å². The highest BCUT2D eigenvalue weighted by Crippen LogP contribution is 2.56. The van der Waals surface area contributed by atoms with Gasteiger partial charge in [0.05, 0.1) is 6.54 Å². The smallest absolute Gasteiger partial charge is 0.276 e. The van der Waals surface area contributed by atoms with Gasteiger partial charge in [-0.25, -0.2) is 4.98 Å². The number of aromatic nitrogens is 3. The second kappa shape index (κ2) is 6.80. The zero-order valence-electron chi connectivity index (χ0n) is 14.6. The lowest BCUT2D eigenvalue weighted by Gasteiger charge is -2.29. The summed E-state index contributed by atoms with van der Waals surface area (Å²) in [5.41, 5.74) is 0.655. The molecule has 25 heavy (non-hydrogen) atoms. The van der Waals surface area contributed by atoms with Crippen molar-refractivity contribution in [1.82, 2.24) is 24.9 Å². The van der Waals surface area contributed by atoms with E-state index in [0.29, 0.717) is 18.0 Å². The average Bonchev–Trinajstić information content (AvgIpc) is 2.91. The van der Waals surface area contributed by atoms with Crippen LogP contribution in [0.4, 0.5) is 0 Å². The van der Waals surface area contributed by atoms with E-state index in [2.05, 4.69) is 15.5 Å². The lowest BCUT2D eigenvalue weighted by Crippen LogP contribution is -2.39. The molecule has 1 amide bonds. The number of rotatable bonds is 4. The predicted octanol–water partition coefficient (Wildman–Crippen LogP) is 1.92. The molecular formula is C17H24ClN5O2. The van der Waals surface area contributed by atoms with Gasteiger partial charge in [0.15, 0.2) is 5.69 Å². The standard InChI is InChI=1S/C17H23N5O2.ClH/c1-12-9-13(20-24-12)16(23)22(11-15-19-7-8-21(15)2)14-10-17(14)3-5-18-6-4-17;/h7-9,14,18H,3-6,10-11H2,1-2H3;1H. The molecule has 7 nitrogen and oxygen atoms in total. The number of nitrogens with one attached hydrogen (secondary N) is 1. The molecule has 0 radical (unpaired) electrons. The summed E-state index contributed by atoms with van der Waals surface area (Å²) in [5.74, 6) is 1.48. The maximum Gasteiger partial charge on any atom is 0.276 e. The van der Waals surface area contributed by atoms with E-state index < -0.39 is 0 Å². The number of halogens is 1. The molecule has 4 rings (SSSR count). The number of aryl methyl sites for hydroxylation is 2. The van der Waals surface area contributed by atoms with Crippen LogP contribution in [0.3, 0.4) is 0 Å². The van der Waals surface area contributed by atoms with Gasteiger partial charge in [-0.15, -0.1) is 12.4 Å². The molecule has 1 saturated carbocycles. The molecular weight excluding hydrogens is 342 g/mol. The second-order valence-electron chi connectivity index (χ2n) is 7.04. The molecule has 3 heterocycles. The fourth-order valence-electron chi connectivity index (χ4n) is 3.87. The molecule has 0 aromatic carbocycles. The Morgan fingerprint density at radius 3 is 2.84 bits per heavy atom. The molecule has 136 valence electrons. The molecule has 1 N–H and O–H groups in total. The zero-order chi connectivity index (χ0) is 16.7. The summed E-state index contributed by atoms with van der Waals surface area (Å²) in [6, 6.07) is 1.98. The Morgan fingerprint density at radius 1 is 1.48 bits per heavy atom. The van der Waals surface area contributed by atoms with E-state index in [1.54, 1.807) is 19.2 Å². The minimum Gasteiger partial charge on any atom is -0.361 e. The average molecular weight is 366 g/mol. The Balaban J connectivity index is 0.00000182. The Labute approximate surface area is 153 Å². The first-order chi connectivity index (χ1) is 11.6. The molecule has 1 aliphatic heterocycles. The quantitative estimate of drug-likeness (QED) is 0.895. The molecule has 2 aromatic rings. The monoisotopic (exact) mass is 365 g/mol. The third-order valence-corrected chi connectivity index (χ3v) is 5.46. The van der Waals surface area contributed by atoms with Crippen molar-refractivity contribution in [3.05, 3.63) is 35.7 Å². The van der Waals surface area contributed by atoms with E-state index in [0.717, 1.165) is 38.2 Å². The van der Waals surface area contributed by atoms with Gasteiger partial charge in [0.25, 0.3) is 5.91 Å². The molecule has 2 aliphatic rings. The summed E-state index contributed by atoms with van der Waals surface area (Å²) in [6.45, 7) is 4.38. The summed E-state index contributed by atoms with van der Waals surface area (Å²) in [7, 11) is 1.96. The first-order valence-electron chi connectivity index (χ1n) is 8.50. The number of piperidine rings is 1. The number of carbonyl (C=O) groups is 1. The molecule has 8 heteroatoms. The van der Waals surface area contributed by atoms with Crippen LogP contribution in [0.15, 0.2) is 23.0 Å². The van der Waals surface area contributed by atoms with Crippen molar-refractivity contribution in [2.24, 2.45) is 12.5 Å². The van der Waals surface area contributed by atoms with Crippen LogP contribution in [-0.2, 0) is 13.6 Å². The lowest BCUT2D eigenvalue weighted by atomic mass is 9.93. The first kappa shape index (κ1) is 17.9. The molecule has 1 spiro atoms. The van der Waals surface area contributed by atoms with Gasteiger partial charge in [-0.05, 0) is 44.7 Å². The summed E-state index contributed by atoms with van der Waals surface area (Å²) in [4.78, 5) is 19.4. The minimum absolute atomic E-state index is 0. The van der Waals surface area contributed by atoms with Crippen molar-refractivity contribution >= 4 is 18.3 Å². The Kier molecular flexibility index (Phi) is 4.88. The lowest BCUT2D eigenvalue weighted by molar-refractivity contribution is 0.0675. The van der Waals surface area contributed by atoms with Crippen molar-refractivity contribution in [2.45, 2.75) is 38.8 Å². The van der Waals surface area contributed by atoms with Gasteiger partial charge in [0, 0.05) is 31.5 Å². The van der Waals surface area contributed by atoms with Gasteiger partial charge in [-0.2, -0.15) is 0 Å². The number of carbonyl (C=O) groups excluding carboxylic acids is 1. The predicted molar refractivity (Wildman–Crippen MR) is 94.5 cm³/mol. The van der Waals surface area contributed by atoms with E-state index in [4.69, 9.17) is 4.52 Å². The highest BCUT2D eigenvalue weighted by molar-refractivity contribution is 5.92. The van der Waals surface area contributed by atoms with Crippen molar-refractivity contribution in [2.75, 3.05) is 13.1 Å². The molecule has 1 atom stereocenters. The maximum absolute atomic E-state index is 13.1. The van der Waals surface area contributed by atoms with Crippen LogP contribution in [0.5, 0.6) is 0 Å². The van der Waals surface area contributed by atoms with Gasteiger partial charge in [-0.1, -0.05) is 5.16 Å². The molecule has 0 bridgehead atoms. The molecule has 2 aromatic heterocycles. The fourth-order valence-corrected chi connectivity index (χ4v) is 3.87. The number of imidazole rings is 1. The van der Waals surface area contributed by atoms with E-state index in [1.807, 2.05) is 22.7 Å². The zero-order valence-corrected chi connectivity index (χ0v) is 15.4. The van der Waals surface area contributed by atoms with E-state index in [-0.39, 0.29) is 29.8 Å². The normalized spacial score (nSPS) is 21.0. The van der Waals surface area contributed by atoms with Crippen molar-refractivity contribution < 1.29 is 9.32 Å². The van der Waals surface area contributed by atoms with Gasteiger partial charge >= 0.3 is 0 Å². The van der Waals surface area contributed by atoms with Crippen LogP contribution in [0, 0.1) is 12.3 Å². The molecule has 1 unspecified atom stereocenters. The number of hydrogen-bond acceptors (Lipinski definition) is 5. The third kappa shape index (κ3) is 3.30. The molecule has 2 fully saturated rings. The summed E-state index contributed by atoms with van der Waals surface area (Å²) >= 11 is 0. The van der Waals surface area contributed by atoms with Crippen LogP contribution in [0.2, 0.25) is 0 Å². The van der Waals surface area contributed by atoms with Crippen molar-refractivity contribution in [3.63, 3.8) is 0 Å². The van der Waals surface area contributed by atoms with Crippen molar-refractivity contribution in [3.8, 4) is 0 Å². The highest BCUT2D eigenvalue weighted by Gasteiger charge is 2.58. The number of nitrogens with zero attached hydrogens (tertiary/aromatic N) is 4. The largest absolute Gasteiger partial charge is 0.361 e. The highest BCUT2D eigenvalue weighted by atomic mass is 35.5. The van der Waals surface area contributed by atoms with E-state index in [1.165, 1.54) is 0 Å². The Bertz CT molecular complexity index is 750. The second-order valence-corrected chi connectivity index (χ2v) is 7.04. The summed E-state index contributed by atoms with van der Waals surface area (Å²) < 4.78 is 7.07. The van der Waals surface area contributed by atoms with Crippen LogP contribution in [-0.4, -0.2) is 44.6 Å². The van der Waals surface area contributed by atoms with Crippen molar-refractivity contribution in [1.29, 1.82) is 0 Å². The van der Waals surface area contributed by atoms with Gasteiger partial charge in [0.1, 0.15) is 11.6 Å². The van der Waals surface area contributed by atoms with Crippen LogP contribution in [0.1, 0.15) is 41.3 Å². The molecule has 1 aliphatic carbocycles. The minimum atomic E-state index is -0.0599. The van der Waals surface area contributed by atoms with Crippen LogP contribution < -0.4 is 5.32 Å². The number of hydrogen-bond donors (Lipinski definition) is 1. The van der Waals surface area contributed by atoms with E-state index in [9.17, 15) is 4.79 Å². The van der Waals surface area contributed by atoms with Crippen LogP contribution >= 0.6 is 12.4 Å². The number of amides is 1. The first-order valence-corrected chi connectivity index (χ1v) is 8.50. The van der Waals surface area contributed by atoms with Gasteiger partial charge < -0.3 is 19.3 Å². The summed E-state index contributed by atoms with van der Waals surface area (Å²) in [6.07, 6.45) is 7.00. The Morgan fingerprint density at radius 2 is 2.24 bits per heavy atom. The third-order valence-electron chi connectivity index (χ3n) is 5.46.